The Kier molecular flexibility index (Phi) is 11.2. The zero-order chi connectivity index (χ0) is 36.4. The molecular weight excluding hydrogens is 704 g/mol. The fourth-order valence-corrected chi connectivity index (χ4v) is 8.40. The first-order valence-electron chi connectivity index (χ1n) is 17.6. The number of hydrogen-bond donors (Lipinski definition) is 1. The molecule has 4 heterocycles. The van der Waals surface area contributed by atoms with Crippen molar-refractivity contribution in [1.29, 1.82) is 0 Å². The predicted octanol–water partition coefficient (Wildman–Crippen LogP) is 8.63. The van der Waals surface area contributed by atoms with Gasteiger partial charge in [-0.3, -0.25) is 4.57 Å². The number of nitrogens with zero attached hydrogens (tertiary/aromatic N) is 5. The van der Waals surface area contributed by atoms with Crippen LogP contribution in [0.25, 0.3) is 11.0 Å². The van der Waals surface area contributed by atoms with Gasteiger partial charge in [-0.15, -0.1) is 0 Å². The maximum Gasteiger partial charge on any atom is 0.407 e. The highest BCUT2D eigenvalue weighted by Crippen LogP contribution is 2.43. The molecule has 0 unspecified atom stereocenters. The molecule has 2 aromatic heterocycles. The highest BCUT2D eigenvalue weighted by molar-refractivity contribution is 7.99. The van der Waals surface area contributed by atoms with Gasteiger partial charge in [0.25, 0.3) is 0 Å². The van der Waals surface area contributed by atoms with Crippen molar-refractivity contribution in [3.05, 3.63) is 59.9 Å². The lowest BCUT2D eigenvalue weighted by atomic mass is 9.73. The monoisotopic (exact) mass is 752 g/mol. The van der Waals surface area contributed by atoms with Crippen LogP contribution in [0.1, 0.15) is 40.5 Å². The van der Waals surface area contributed by atoms with E-state index < -0.39 is 19.8 Å². The number of hydrogen-bond acceptors (Lipinski definition) is 10. The molecule has 14 heteroatoms. The van der Waals surface area contributed by atoms with E-state index in [2.05, 4.69) is 29.9 Å². The van der Waals surface area contributed by atoms with E-state index in [1.54, 1.807) is 6.20 Å². The van der Waals surface area contributed by atoms with Crippen LogP contribution in [-0.4, -0.2) is 77.7 Å². The summed E-state index contributed by atoms with van der Waals surface area (Å²) in [6.45, 7) is 17.7. The van der Waals surface area contributed by atoms with Crippen LogP contribution in [0.5, 0.6) is 11.8 Å². The Hall–Kier alpha value is -3.36. The lowest BCUT2D eigenvalue weighted by Crippen LogP contribution is -2.55. The van der Waals surface area contributed by atoms with Crippen molar-refractivity contribution in [2.45, 2.75) is 101 Å². The molecule has 0 radical (unpaired) electrons. The third kappa shape index (κ3) is 9.17. The van der Waals surface area contributed by atoms with E-state index in [1.807, 2.05) is 80.9 Å². The number of anilines is 1. The highest BCUT2D eigenvalue weighted by Gasteiger charge is 2.50. The Bertz CT molecular complexity index is 1810. The van der Waals surface area contributed by atoms with Gasteiger partial charge in [0.05, 0.1) is 47.2 Å². The van der Waals surface area contributed by atoms with Crippen molar-refractivity contribution in [1.82, 2.24) is 24.8 Å². The Morgan fingerprint density at radius 1 is 1.10 bits per heavy atom. The molecule has 1 N–H and O–H groups in total. The summed E-state index contributed by atoms with van der Waals surface area (Å²) in [4.78, 5) is 30.1. The Labute approximate surface area is 310 Å². The van der Waals surface area contributed by atoms with Crippen LogP contribution >= 0.6 is 23.4 Å². The zero-order valence-corrected chi connectivity index (χ0v) is 33.1. The van der Waals surface area contributed by atoms with Gasteiger partial charge in [0.15, 0.2) is 0 Å². The Morgan fingerprint density at radius 2 is 1.84 bits per heavy atom. The number of imidazole rings is 1. The van der Waals surface area contributed by atoms with Crippen molar-refractivity contribution in [3.63, 3.8) is 0 Å². The molecule has 51 heavy (non-hydrogen) atoms. The fourth-order valence-electron chi connectivity index (χ4n) is 6.51. The molecule has 274 valence electrons. The van der Waals surface area contributed by atoms with E-state index >= 15 is 0 Å². The summed E-state index contributed by atoms with van der Waals surface area (Å²) in [6, 6.07) is 14.9. The lowest BCUT2D eigenvalue weighted by Gasteiger charge is -2.42. The molecule has 2 atom stereocenters. The van der Waals surface area contributed by atoms with E-state index in [1.165, 1.54) is 11.8 Å². The molecule has 1 amide bonds. The second-order valence-electron chi connectivity index (χ2n) is 15.6. The number of ether oxygens (including phenoxy) is 4. The minimum absolute atomic E-state index is 0.0877. The SMILES string of the molecule is C[C@@H]1OCC2(CCN(c3cnc(Sc4ccc5nc(Oc6ccccc6)n(COCC[Si](C)(C)C)c5c4Cl)cn3)CC2)[C@@H]1NC(=O)OC(C)(C)C. The highest BCUT2D eigenvalue weighted by atomic mass is 35.5. The Morgan fingerprint density at radius 3 is 2.51 bits per heavy atom. The minimum atomic E-state index is -1.26. The normalized spacial score (nSPS) is 19.1. The molecule has 2 aromatic carbocycles. The molecule has 2 aliphatic rings. The molecule has 0 aliphatic carbocycles. The standard InChI is InChI=1S/C37H49ClN6O5SSi/c1-25-33(42-35(45)49-36(2,3)4)37(23-47-25)15-17-43(18-16-37)29-21-40-30(22-39-29)50-28-14-13-27-32(31(28)38)44(24-46-19-20-51(5,6)7)34(41-27)48-26-11-9-8-10-12-26/h8-14,21-22,25,33H,15-20,23-24H2,1-7H3,(H,42,45)/t25-,33+/m0/s1. The van der Waals surface area contributed by atoms with E-state index in [9.17, 15) is 4.79 Å². The first-order chi connectivity index (χ1) is 24.2. The van der Waals surface area contributed by atoms with Crippen LogP contribution in [-0.2, 0) is 20.9 Å². The third-order valence-electron chi connectivity index (χ3n) is 9.29. The van der Waals surface area contributed by atoms with E-state index in [0.717, 1.165) is 58.7 Å². The predicted molar refractivity (Wildman–Crippen MR) is 204 cm³/mol. The van der Waals surface area contributed by atoms with Gasteiger partial charge in [0.1, 0.15) is 28.9 Å². The van der Waals surface area contributed by atoms with Gasteiger partial charge >= 0.3 is 12.1 Å². The minimum Gasteiger partial charge on any atom is -0.444 e. The number of piperidine rings is 1. The van der Waals surface area contributed by atoms with Gasteiger partial charge in [-0.25, -0.2) is 14.8 Å². The third-order valence-corrected chi connectivity index (χ3v) is 12.5. The maximum atomic E-state index is 12.6. The van der Waals surface area contributed by atoms with E-state index in [-0.39, 0.29) is 24.3 Å². The smallest absolute Gasteiger partial charge is 0.407 e. The fraction of sp³-hybridized carbons (Fsp3) is 0.514. The van der Waals surface area contributed by atoms with Crippen LogP contribution in [0.3, 0.4) is 0 Å². The number of alkyl carbamates (subject to hydrolysis) is 1. The van der Waals surface area contributed by atoms with Crippen molar-refractivity contribution in [3.8, 4) is 11.8 Å². The van der Waals surface area contributed by atoms with E-state index in [0.29, 0.717) is 30.0 Å². The molecule has 4 aromatic rings. The number of amides is 1. The second kappa shape index (κ2) is 15.3. The second-order valence-corrected chi connectivity index (χ2v) is 22.7. The van der Waals surface area contributed by atoms with Crippen LogP contribution in [0, 0.1) is 5.41 Å². The molecule has 11 nitrogen and oxygen atoms in total. The van der Waals surface area contributed by atoms with Crippen molar-refractivity contribution < 1.29 is 23.7 Å². The molecule has 6 rings (SSSR count). The number of carbonyl (C=O) groups is 1. The molecular formula is C37H49ClN6O5SSi. The van der Waals surface area contributed by atoms with Gasteiger partial charge in [0.2, 0.25) is 0 Å². The van der Waals surface area contributed by atoms with Gasteiger partial charge in [-0.05, 0) is 70.8 Å². The van der Waals surface area contributed by atoms with Gasteiger partial charge in [-0.1, -0.05) is 61.2 Å². The summed E-state index contributed by atoms with van der Waals surface area (Å²) in [6.07, 6.45) is 4.84. The van der Waals surface area contributed by atoms with Gasteiger partial charge in [0, 0.05) is 38.1 Å². The maximum absolute atomic E-state index is 12.6. The number of rotatable bonds is 11. The summed E-state index contributed by atoms with van der Waals surface area (Å²) in [5.41, 5.74) is 0.759. The number of halogens is 1. The van der Waals surface area contributed by atoms with Crippen LogP contribution in [0.4, 0.5) is 10.6 Å². The lowest BCUT2D eigenvalue weighted by molar-refractivity contribution is 0.0434. The van der Waals surface area contributed by atoms with Crippen molar-refractivity contribution >= 4 is 54.4 Å². The summed E-state index contributed by atoms with van der Waals surface area (Å²) >= 11 is 8.56. The average molecular weight is 753 g/mol. The molecule has 0 bridgehead atoms. The van der Waals surface area contributed by atoms with Gasteiger partial charge < -0.3 is 29.2 Å². The molecule has 1 spiro atoms. The topological polar surface area (TPSA) is 113 Å². The first kappa shape index (κ1) is 37.4. The van der Waals surface area contributed by atoms with Crippen molar-refractivity contribution in [2.75, 3.05) is 31.2 Å². The number of fused-ring (bicyclic) bond motifs is 1. The number of aromatic nitrogens is 4. The molecule has 2 aliphatic heterocycles. The largest absolute Gasteiger partial charge is 0.444 e. The summed E-state index contributed by atoms with van der Waals surface area (Å²) < 4.78 is 25.9. The first-order valence-corrected chi connectivity index (χ1v) is 22.5. The number of benzene rings is 2. The number of nitrogens with one attached hydrogen (secondary N) is 1. The number of carbonyl (C=O) groups excluding carboxylic acids is 1. The van der Waals surface area contributed by atoms with Gasteiger partial charge in [-0.2, -0.15) is 4.98 Å². The summed E-state index contributed by atoms with van der Waals surface area (Å²) in [5, 5.41) is 4.40. The number of para-hydroxylation sites is 1. The quantitative estimate of drug-likeness (QED) is 0.118. The van der Waals surface area contributed by atoms with Crippen LogP contribution < -0.4 is 15.0 Å². The molecule has 0 saturated carbocycles. The Balaban J connectivity index is 1.14. The average Bonchev–Trinajstić information content (AvgIpc) is 3.57. The van der Waals surface area contributed by atoms with Crippen molar-refractivity contribution in [2.24, 2.45) is 5.41 Å². The van der Waals surface area contributed by atoms with E-state index in [4.69, 9.17) is 45.5 Å². The zero-order valence-electron chi connectivity index (χ0n) is 30.6. The molecule has 2 saturated heterocycles. The molecule has 2 fully saturated rings. The van der Waals surface area contributed by atoms with Crippen LogP contribution in [0.2, 0.25) is 30.7 Å². The summed E-state index contributed by atoms with van der Waals surface area (Å²) in [5.74, 6) is 1.50. The van der Waals surface area contributed by atoms with Crippen LogP contribution in [0.15, 0.2) is 64.8 Å². The summed E-state index contributed by atoms with van der Waals surface area (Å²) in [7, 11) is -1.26.